The van der Waals surface area contributed by atoms with E-state index in [0.29, 0.717) is 17.9 Å². The Bertz CT molecular complexity index is 582. The van der Waals surface area contributed by atoms with Crippen LogP contribution in [0, 0.1) is 0 Å². The number of aromatic nitrogens is 6. The Morgan fingerprint density at radius 3 is 3.00 bits per heavy atom. The average Bonchev–Trinajstić information content (AvgIpc) is 3.00. The van der Waals surface area contributed by atoms with E-state index in [1.807, 2.05) is 0 Å². The minimum absolute atomic E-state index is 0.162. The lowest BCUT2D eigenvalue weighted by Gasteiger charge is -2.32. The zero-order valence-corrected chi connectivity index (χ0v) is 12.0. The van der Waals surface area contributed by atoms with Gasteiger partial charge in [-0.05, 0) is 26.4 Å². The van der Waals surface area contributed by atoms with E-state index in [0.717, 1.165) is 13.1 Å². The topological polar surface area (TPSA) is 111 Å². The number of nitrogens with zero attached hydrogens (tertiary/aromatic N) is 7. The molecule has 2 aromatic rings. The van der Waals surface area contributed by atoms with Crippen molar-refractivity contribution in [1.29, 1.82) is 0 Å². The SMILES string of the molecule is CN1CCCCC1CNc1nc(N)nc(-n2cncn2)n1. The van der Waals surface area contributed by atoms with Gasteiger partial charge in [0, 0.05) is 12.6 Å². The molecule has 1 aliphatic rings. The minimum Gasteiger partial charge on any atom is -0.368 e. The molecule has 0 aliphatic carbocycles. The molecule has 0 spiro atoms. The zero-order chi connectivity index (χ0) is 14.7. The standard InChI is InChI=1S/C12H19N9/c1-20-5-3-2-4-9(20)6-15-11-17-10(13)18-12(19-11)21-8-14-7-16-21/h7-9H,2-6H2,1H3,(H3,13,15,17,18,19). The number of nitrogens with one attached hydrogen (secondary N) is 1. The number of rotatable bonds is 4. The monoisotopic (exact) mass is 289 g/mol. The molecule has 1 fully saturated rings. The summed E-state index contributed by atoms with van der Waals surface area (Å²) in [6.45, 7) is 1.92. The van der Waals surface area contributed by atoms with Gasteiger partial charge in [-0.15, -0.1) is 0 Å². The van der Waals surface area contributed by atoms with Gasteiger partial charge in [-0.1, -0.05) is 6.42 Å². The summed E-state index contributed by atoms with van der Waals surface area (Å²) < 4.78 is 1.45. The second kappa shape index (κ2) is 6.00. The highest BCUT2D eigenvalue weighted by molar-refractivity contribution is 5.34. The number of piperidine rings is 1. The zero-order valence-electron chi connectivity index (χ0n) is 12.0. The lowest BCUT2D eigenvalue weighted by molar-refractivity contribution is 0.194. The molecule has 3 heterocycles. The third kappa shape index (κ3) is 3.24. The molecule has 1 aliphatic heterocycles. The van der Waals surface area contributed by atoms with Crippen LogP contribution in [-0.2, 0) is 0 Å². The Morgan fingerprint density at radius 2 is 2.24 bits per heavy atom. The van der Waals surface area contributed by atoms with Crippen molar-refractivity contribution in [3.63, 3.8) is 0 Å². The Morgan fingerprint density at radius 1 is 1.33 bits per heavy atom. The highest BCUT2D eigenvalue weighted by Gasteiger charge is 2.19. The molecule has 9 nitrogen and oxygen atoms in total. The number of anilines is 2. The van der Waals surface area contributed by atoms with Crippen LogP contribution < -0.4 is 11.1 Å². The van der Waals surface area contributed by atoms with Crippen LogP contribution in [0.5, 0.6) is 0 Å². The van der Waals surface area contributed by atoms with Crippen molar-refractivity contribution in [3.05, 3.63) is 12.7 Å². The van der Waals surface area contributed by atoms with Crippen molar-refractivity contribution in [1.82, 2.24) is 34.6 Å². The van der Waals surface area contributed by atoms with Crippen LogP contribution in [0.4, 0.5) is 11.9 Å². The molecule has 1 atom stereocenters. The molecule has 3 rings (SSSR count). The van der Waals surface area contributed by atoms with Crippen molar-refractivity contribution in [3.8, 4) is 5.95 Å². The smallest absolute Gasteiger partial charge is 0.258 e. The molecule has 9 heteroatoms. The minimum atomic E-state index is 0.162. The highest BCUT2D eigenvalue weighted by Crippen LogP contribution is 2.15. The largest absolute Gasteiger partial charge is 0.368 e. The molecule has 0 bridgehead atoms. The summed E-state index contributed by atoms with van der Waals surface area (Å²) >= 11 is 0. The van der Waals surface area contributed by atoms with Crippen LogP contribution in [0.2, 0.25) is 0 Å². The number of nitrogen functional groups attached to an aromatic ring is 1. The summed E-state index contributed by atoms with van der Waals surface area (Å²) in [5, 5.41) is 7.23. The van der Waals surface area contributed by atoms with Crippen molar-refractivity contribution in [2.45, 2.75) is 25.3 Å². The lowest BCUT2D eigenvalue weighted by atomic mass is 10.0. The van der Waals surface area contributed by atoms with E-state index in [1.165, 1.54) is 36.6 Å². The van der Waals surface area contributed by atoms with Crippen molar-refractivity contribution in [2.24, 2.45) is 0 Å². The molecule has 3 N–H and O–H groups in total. The number of nitrogens with two attached hydrogens (primary N) is 1. The van der Waals surface area contributed by atoms with Crippen molar-refractivity contribution in [2.75, 3.05) is 31.2 Å². The Balaban J connectivity index is 1.70. The van der Waals surface area contributed by atoms with Gasteiger partial charge in [-0.2, -0.15) is 24.7 Å². The maximum Gasteiger partial charge on any atom is 0.258 e. The third-order valence-electron chi connectivity index (χ3n) is 3.68. The van der Waals surface area contributed by atoms with E-state index in [2.05, 4.69) is 42.3 Å². The molecule has 1 saturated heterocycles. The predicted octanol–water partition coefficient (Wildman–Crippen LogP) is -0.0693. The maximum absolute atomic E-state index is 5.73. The van der Waals surface area contributed by atoms with Crippen molar-refractivity contribution >= 4 is 11.9 Å². The van der Waals surface area contributed by atoms with Gasteiger partial charge in [-0.3, -0.25) is 0 Å². The Labute approximate surface area is 122 Å². The van der Waals surface area contributed by atoms with Crippen LogP contribution in [-0.4, -0.2) is 60.8 Å². The molecule has 0 aromatic carbocycles. The fraction of sp³-hybridized carbons (Fsp3) is 0.583. The number of hydrogen-bond acceptors (Lipinski definition) is 8. The van der Waals surface area contributed by atoms with Gasteiger partial charge in [0.1, 0.15) is 12.7 Å². The molecule has 0 amide bonds. The first-order chi connectivity index (χ1) is 10.2. The second-order valence-corrected chi connectivity index (χ2v) is 5.17. The van der Waals surface area contributed by atoms with E-state index >= 15 is 0 Å². The van der Waals surface area contributed by atoms with Gasteiger partial charge >= 0.3 is 0 Å². The molecule has 1 unspecified atom stereocenters. The summed E-state index contributed by atoms with van der Waals surface area (Å²) in [7, 11) is 2.15. The van der Waals surface area contributed by atoms with Gasteiger partial charge in [0.15, 0.2) is 0 Å². The van der Waals surface area contributed by atoms with E-state index < -0.39 is 0 Å². The van der Waals surface area contributed by atoms with Crippen molar-refractivity contribution < 1.29 is 0 Å². The summed E-state index contributed by atoms with van der Waals surface area (Å²) in [5.41, 5.74) is 5.73. The molecular formula is C12H19N9. The second-order valence-electron chi connectivity index (χ2n) is 5.17. The van der Waals surface area contributed by atoms with E-state index in [4.69, 9.17) is 5.73 Å². The lowest BCUT2D eigenvalue weighted by Crippen LogP contribution is -2.41. The van der Waals surface area contributed by atoms with Gasteiger partial charge in [-0.25, -0.2) is 4.98 Å². The number of likely N-dealkylation sites (N-methyl/N-ethyl adjacent to an activating group) is 1. The van der Waals surface area contributed by atoms with Crippen LogP contribution in [0.25, 0.3) is 5.95 Å². The van der Waals surface area contributed by atoms with E-state index in [1.54, 1.807) is 0 Å². The first-order valence-electron chi connectivity index (χ1n) is 7.03. The summed E-state index contributed by atoms with van der Waals surface area (Å²) in [6.07, 6.45) is 6.65. The number of hydrogen-bond donors (Lipinski definition) is 2. The molecule has 21 heavy (non-hydrogen) atoms. The predicted molar refractivity (Wildman–Crippen MR) is 77.9 cm³/mol. The van der Waals surface area contributed by atoms with Gasteiger partial charge in [0.25, 0.3) is 5.95 Å². The summed E-state index contributed by atoms with van der Waals surface area (Å²) in [6, 6.07) is 0.492. The fourth-order valence-electron chi connectivity index (χ4n) is 2.48. The Hall–Kier alpha value is -2.29. The highest BCUT2D eigenvalue weighted by atomic mass is 15.4. The summed E-state index contributed by atoms with van der Waals surface area (Å²) in [4.78, 5) is 18.7. The first-order valence-corrected chi connectivity index (χ1v) is 7.03. The first kappa shape index (κ1) is 13.7. The Kier molecular flexibility index (Phi) is 3.91. The normalized spacial score (nSPS) is 19.6. The molecule has 2 aromatic heterocycles. The molecule has 0 radical (unpaired) electrons. The average molecular weight is 289 g/mol. The van der Waals surface area contributed by atoms with Crippen LogP contribution >= 0.6 is 0 Å². The van der Waals surface area contributed by atoms with Crippen LogP contribution in [0.3, 0.4) is 0 Å². The molecule has 112 valence electrons. The van der Waals surface area contributed by atoms with Gasteiger partial charge in [0.05, 0.1) is 0 Å². The summed E-state index contributed by atoms with van der Waals surface area (Å²) in [5.74, 6) is 0.987. The maximum atomic E-state index is 5.73. The van der Waals surface area contributed by atoms with E-state index in [9.17, 15) is 0 Å². The fourth-order valence-corrected chi connectivity index (χ4v) is 2.48. The van der Waals surface area contributed by atoms with E-state index in [-0.39, 0.29) is 5.95 Å². The number of likely N-dealkylation sites (tertiary alicyclic amines) is 1. The third-order valence-corrected chi connectivity index (χ3v) is 3.68. The van der Waals surface area contributed by atoms with Crippen LogP contribution in [0.15, 0.2) is 12.7 Å². The van der Waals surface area contributed by atoms with Crippen LogP contribution in [0.1, 0.15) is 19.3 Å². The van der Waals surface area contributed by atoms with Gasteiger partial charge in [0.2, 0.25) is 11.9 Å². The van der Waals surface area contributed by atoms with Gasteiger partial charge < -0.3 is 16.0 Å². The quantitative estimate of drug-likeness (QED) is 0.804. The molecular weight excluding hydrogens is 270 g/mol. The molecule has 0 saturated carbocycles.